The van der Waals surface area contributed by atoms with Gasteiger partial charge in [0.15, 0.2) is 0 Å². The van der Waals surface area contributed by atoms with Gasteiger partial charge in [0.1, 0.15) is 0 Å². The highest BCUT2D eigenvalue weighted by Gasteiger charge is 2.11. The summed E-state index contributed by atoms with van der Waals surface area (Å²) in [6, 6.07) is 0. The number of carboxylic acids is 2. The fraction of sp³-hybridized carbons (Fsp3) is 0.778. The summed E-state index contributed by atoms with van der Waals surface area (Å²) < 4.78 is 10.1. The van der Waals surface area contributed by atoms with E-state index in [1.54, 1.807) is 0 Å². The minimum Gasteiger partial charge on any atom is -0.480 e. The fourth-order valence-corrected chi connectivity index (χ4v) is 1.05. The molecule has 114 valence electrons. The molecule has 0 bridgehead atoms. The molecule has 0 radical (unpaired) electrons. The maximum Gasteiger partial charge on any atom is 0.339 e. The molecule has 9 nitrogen and oxygen atoms in total. The zero-order valence-electron chi connectivity index (χ0n) is 11.1. The van der Waals surface area contributed by atoms with E-state index in [0.29, 0.717) is 0 Å². The first-order valence-electron chi connectivity index (χ1n) is 5.27. The highest BCUT2D eigenvalue weighted by Crippen LogP contribution is 2.31. The van der Waals surface area contributed by atoms with Gasteiger partial charge in [-0.25, -0.2) is 0 Å². The summed E-state index contributed by atoms with van der Waals surface area (Å²) in [5.41, 5.74) is -0.0988. The van der Waals surface area contributed by atoms with Crippen LogP contribution in [-0.2, 0) is 14.2 Å². The van der Waals surface area contributed by atoms with E-state index in [9.17, 15) is 14.2 Å². The lowest BCUT2D eigenvalue weighted by Gasteiger charge is -2.18. The molecular weight excluding hydrogens is 279 g/mol. The maximum atomic E-state index is 10.1. The SMILES string of the molecule is CC(C)(C)NCC(=O)O.O=C(O)CNCP(=O)(O)O. The third kappa shape index (κ3) is 26.6. The molecule has 0 spiro atoms. The normalized spacial score (nSPS) is 11.4. The molecule has 6 N–H and O–H groups in total. The van der Waals surface area contributed by atoms with Gasteiger partial charge in [0.05, 0.1) is 19.4 Å². The van der Waals surface area contributed by atoms with E-state index in [2.05, 4.69) is 10.6 Å². The van der Waals surface area contributed by atoms with Crippen molar-refractivity contribution in [3.05, 3.63) is 0 Å². The largest absolute Gasteiger partial charge is 0.480 e. The van der Waals surface area contributed by atoms with Gasteiger partial charge in [-0.2, -0.15) is 0 Å². The number of rotatable bonds is 6. The zero-order chi connectivity index (χ0) is 15.7. The summed E-state index contributed by atoms with van der Waals surface area (Å²) in [6.07, 6.45) is -0.598. The van der Waals surface area contributed by atoms with Gasteiger partial charge in [0, 0.05) is 5.54 Å². The Labute approximate surface area is 111 Å². The molecule has 0 aliphatic carbocycles. The predicted molar refractivity (Wildman–Crippen MR) is 67.9 cm³/mol. The van der Waals surface area contributed by atoms with Crippen LogP contribution in [0.1, 0.15) is 20.8 Å². The van der Waals surface area contributed by atoms with Crippen molar-refractivity contribution in [1.29, 1.82) is 0 Å². The van der Waals surface area contributed by atoms with Crippen LogP contribution in [0.15, 0.2) is 0 Å². The third-order valence-corrected chi connectivity index (χ3v) is 2.00. The van der Waals surface area contributed by atoms with Gasteiger partial charge in [-0.05, 0) is 20.8 Å². The van der Waals surface area contributed by atoms with Crippen LogP contribution >= 0.6 is 7.60 Å². The molecular formula is C9H21N2O7P. The van der Waals surface area contributed by atoms with Crippen LogP contribution in [-0.4, -0.2) is 56.9 Å². The Bertz CT molecular complexity index is 334. The predicted octanol–water partition coefficient (Wildman–Crippen LogP) is -0.745. The lowest BCUT2D eigenvalue weighted by atomic mass is 10.1. The van der Waals surface area contributed by atoms with E-state index >= 15 is 0 Å². The molecule has 0 heterocycles. The summed E-state index contributed by atoms with van der Waals surface area (Å²) in [5.74, 6) is -1.96. The molecule has 0 atom stereocenters. The monoisotopic (exact) mass is 300 g/mol. The minimum absolute atomic E-state index is 0.0312. The molecule has 0 aromatic rings. The molecule has 0 aliphatic heterocycles. The van der Waals surface area contributed by atoms with Crippen LogP contribution in [0.4, 0.5) is 0 Å². The maximum absolute atomic E-state index is 10.1. The minimum atomic E-state index is -4.10. The van der Waals surface area contributed by atoms with E-state index in [1.165, 1.54) is 0 Å². The van der Waals surface area contributed by atoms with Gasteiger partial charge in [-0.15, -0.1) is 0 Å². The number of carboxylic acid groups (broad SMARTS) is 2. The average Bonchev–Trinajstić information content (AvgIpc) is 2.12. The first-order chi connectivity index (χ1) is 8.33. The van der Waals surface area contributed by atoms with Gasteiger partial charge >= 0.3 is 19.5 Å². The number of carbonyl (C=O) groups is 2. The molecule has 0 fully saturated rings. The average molecular weight is 300 g/mol. The highest BCUT2D eigenvalue weighted by atomic mass is 31.2. The molecule has 0 aromatic heterocycles. The topological polar surface area (TPSA) is 156 Å². The van der Waals surface area contributed by atoms with Crippen molar-refractivity contribution < 1.29 is 34.2 Å². The number of hydrogen-bond acceptors (Lipinski definition) is 5. The Kier molecular flexibility index (Phi) is 9.63. The van der Waals surface area contributed by atoms with Gasteiger partial charge < -0.3 is 25.3 Å². The Morgan fingerprint density at radius 3 is 1.68 bits per heavy atom. The van der Waals surface area contributed by atoms with Gasteiger partial charge in [0.2, 0.25) is 0 Å². The van der Waals surface area contributed by atoms with Crippen molar-refractivity contribution in [2.24, 2.45) is 0 Å². The van der Waals surface area contributed by atoms with Crippen molar-refractivity contribution in [1.82, 2.24) is 10.6 Å². The number of aliphatic carboxylic acids is 2. The molecule has 19 heavy (non-hydrogen) atoms. The van der Waals surface area contributed by atoms with Crippen molar-refractivity contribution in [2.45, 2.75) is 26.3 Å². The van der Waals surface area contributed by atoms with Crippen molar-refractivity contribution >= 4 is 19.5 Å². The molecule has 0 saturated heterocycles. The summed E-state index contributed by atoms with van der Waals surface area (Å²) in [7, 11) is -4.10. The van der Waals surface area contributed by atoms with E-state index in [1.807, 2.05) is 20.8 Å². The van der Waals surface area contributed by atoms with Crippen LogP contribution in [0.2, 0.25) is 0 Å². The fourth-order valence-electron chi connectivity index (χ4n) is 0.649. The van der Waals surface area contributed by atoms with Crippen LogP contribution in [0.25, 0.3) is 0 Å². The second-order valence-electron chi connectivity index (χ2n) is 4.64. The number of hydrogen-bond donors (Lipinski definition) is 6. The smallest absolute Gasteiger partial charge is 0.339 e. The molecule has 0 unspecified atom stereocenters. The molecule has 0 rings (SSSR count). The van der Waals surface area contributed by atoms with Crippen LogP contribution in [0, 0.1) is 0 Å². The Morgan fingerprint density at radius 2 is 1.47 bits per heavy atom. The van der Waals surface area contributed by atoms with E-state index in [-0.39, 0.29) is 12.1 Å². The quantitative estimate of drug-likeness (QED) is 0.347. The van der Waals surface area contributed by atoms with Gasteiger partial charge in [-0.1, -0.05) is 0 Å². The standard InChI is InChI=1S/C6H13NO2.C3H8NO5P/c1-6(2,3)7-4-5(8)9;5-3(6)1-4-2-10(7,8)9/h7H,4H2,1-3H3,(H,8,9);4H,1-2H2,(H,5,6)(H2,7,8,9). The van der Waals surface area contributed by atoms with E-state index in [0.717, 1.165) is 0 Å². The van der Waals surface area contributed by atoms with Crippen molar-refractivity contribution in [3.63, 3.8) is 0 Å². The summed E-state index contributed by atoms with van der Waals surface area (Å²) >= 11 is 0. The van der Waals surface area contributed by atoms with Gasteiger partial charge in [-0.3, -0.25) is 19.5 Å². The Hall–Kier alpha value is -0.990. The van der Waals surface area contributed by atoms with Gasteiger partial charge in [0.25, 0.3) is 0 Å². The zero-order valence-corrected chi connectivity index (χ0v) is 12.0. The third-order valence-electron chi connectivity index (χ3n) is 1.36. The molecule has 0 saturated carbocycles. The highest BCUT2D eigenvalue weighted by molar-refractivity contribution is 7.51. The molecule has 0 amide bonds. The molecule has 0 aliphatic rings. The summed E-state index contributed by atoms with van der Waals surface area (Å²) in [6.45, 7) is 5.37. The lowest BCUT2D eigenvalue weighted by Crippen LogP contribution is -2.39. The van der Waals surface area contributed by atoms with E-state index in [4.69, 9.17) is 20.0 Å². The second kappa shape index (κ2) is 9.00. The van der Waals surface area contributed by atoms with Crippen molar-refractivity contribution in [3.8, 4) is 0 Å². The first-order valence-corrected chi connectivity index (χ1v) is 7.07. The van der Waals surface area contributed by atoms with Crippen molar-refractivity contribution in [2.75, 3.05) is 19.4 Å². The Morgan fingerprint density at radius 1 is 1.05 bits per heavy atom. The summed E-state index contributed by atoms with van der Waals surface area (Å²) in [4.78, 5) is 36.1. The second-order valence-corrected chi connectivity index (χ2v) is 6.29. The Balaban J connectivity index is 0. The van der Waals surface area contributed by atoms with Crippen LogP contribution < -0.4 is 10.6 Å². The lowest BCUT2D eigenvalue weighted by molar-refractivity contribution is -0.137. The molecule has 10 heteroatoms. The first kappa shape index (κ1) is 20.3. The van der Waals surface area contributed by atoms with Crippen LogP contribution in [0.3, 0.4) is 0 Å². The van der Waals surface area contributed by atoms with Crippen LogP contribution in [0.5, 0.6) is 0 Å². The molecule has 0 aromatic carbocycles. The summed E-state index contributed by atoms with van der Waals surface area (Å²) in [5, 5.41) is 21.1. The van der Waals surface area contributed by atoms with E-state index < -0.39 is 32.4 Å². The number of nitrogens with one attached hydrogen (secondary N) is 2.